The van der Waals surface area contributed by atoms with Gasteiger partial charge in [-0.3, -0.25) is 4.79 Å². The van der Waals surface area contributed by atoms with Gasteiger partial charge in [-0.2, -0.15) is 0 Å². The summed E-state index contributed by atoms with van der Waals surface area (Å²) in [4.78, 5) is 22.7. The Bertz CT molecular complexity index is 690. The van der Waals surface area contributed by atoms with Crippen LogP contribution < -0.4 is 5.32 Å². The Kier molecular flexibility index (Phi) is 4.51. The fourth-order valence-electron chi connectivity index (χ4n) is 1.86. The molecule has 0 spiro atoms. The van der Waals surface area contributed by atoms with E-state index in [1.165, 1.54) is 12.1 Å². The van der Waals surface area contributed by atoms with Gasteiger partial charge in [-0.1, -0.05) is 30.3 Å². The molecule has 0 radical (unpaired) electrons. The normalized spacial score (nSPS) is 10.5. The Morgan fingerprint density at radius 2 is 1.76 bits per heavy atom. The molecular weight excluding hydrogens is 266 g/mol. The fourth-order valence-corrected chi connectivity index (χ4v) is 1.86. The monoisotopic (exact) mass is 281 g/mol. The van der Waals surface area contributed by atoms with Gasteiger partial charge in [0.1, 0.15) is 0 Å². The predicted molar refractivity (Wildman–Crippen MR) is 81.7 cm³/mol. The largest absolute Gasteiger partial charge is 0.478 e. The third kappa shape index (κ3) is 3.79. The van der Waals surface area contributed by atoms with E-state index in [1.807, 2.05) is 25.1 Å². The van der Waals surface area contributed by atoms with E-state index in [-0.39, 0.29) is 11.3 Å². The summed E-state index contributed by atoms with van der Waals surface area (Å²) in [6.07, 6.45) is 3.00. The molecule has 0 aromatic heterocycles. The maximum atomic E-state index is 11.9. The minimum Gasteiger partial charge on any atom is -0.478 e. The lowest BCUT2D eigenvalue weighted by Gasteiger charge is -2.06. The average molecular weight is 281 g/mol. The van der Waals surface area contributed by atoms with Crippen molar-refractivity contribution in [3.8, 4) is 0 Å². The number of benzene rings is 2. The summed E-state index contributed by atoms with van der Waals surface area (Å²) in [5, 5.41) is 11.9. The van der Waals surface area contributed by atoms with Gasteiger partial charge in [0.2, 0.25) is 0 Å². The van der Waals surface area contributed by atoms with Crippen LogP contribution in [0.4, 0.5) is 5.69 Å². The van der Waals surface area contributed by atoms with Crippen LogP contribution in [0.3, 0.4) is 0 Å². The quantitative estimate of drug-likeness (QED) is 0.650. The number of allylic oxidation sites excluding steroid dienone is 1. The lowest BCUT2D eigenvalue weighted by molar-refractivity contribution is 0.0696. The van der Waals surface area contributed by atoms with E-state index < -0.39 is 5.97 Å². The number of carbonyl (C=O) groups excluding carboxylic acids is 1. The number of ketones is 1. The first kappa shape index (κ1) is 14.5. The maximum Gasteiger partial charge on any atom is 0.335 e. The summed E-state index contributed by atoms with van der Waals surface area (Å²) in [6, 6.07) is 13.7. The molecule has 2 aromatic rings. The predicted octanol–water partition coefficient (Wildman–Crippen LogP) is 3.50. The smallest absolute Gasteiger partial charge is 0.335 e. The molecule has 0 unspecified atom stereocenters. The van der Waals surface area contributed by atoms with E-state index in [2.05, 4.69) is 5.32 Å². The van der Waals surface area contributed by atoms with E-state index >= 15 is 0 Å². The minimum atomic E-state index is -0.959. The van der Waals surface area contributed by atoms with Crippen LogP contribution in [0.1, 0.15) is 26.3 Å². The van der Waals surface area contributed by atoms with Crippen molar-refractivity contribution in [2.45, 2.75) is 6.92 Å². The highest BCUT2D eigenvalue weighted by Gasteiger charge is 2.05. The second kappa shape index (κ2) is 6.52. The van der Waals surface area contributed by atoms with Crippen LogP contribution >= 0.6 is 0 Å². The first-order valence-corrected chi connectivity index (χ1v) is 6.44. The Balaban J connectivity index is 2.05. The van der Waals surface area contributed by atoms with Crippen LogP contribution in [0.25, 0.3) is 0 Å². The van der Waals surface area contributed by atoms with E-state index in [0.29, 0.717) is 5.56 Å². The van der Waals surface area contributed by atoms with Gasteiger partial charge in [-0.15, -0.1) is 0 Å². The van der Waals surface area contributed by atoms with Gasteiger partial charge in [0.15, 0.2) is 5.78 Å². The van der Waals surface area contributed by atoms with Crippen LogP contribution in [-0.2, 0) is 0 Å². The molecule has 21 heavy (non-hydrogen) atoms. The average Bonchev–Trinajstić information content (AvgIpc) is 2.49. The minimum absolute atomic E-state index is 0.0945. The van der Waals surface area contributed by atoms with Crippen molar-refractivity contribution in [3.63, 3.8) is 0 Å². The first-order chi connectivity index (χ1) is 10.1. The molecule has 4 nitrogen and oxygen atoms in total. The van der Waals surface area contributed by atoms with Crippen LogP contribution in [0.5, 0.6) is 0 Å². The Labute approximate surface area is 122 Å². The summed E-state index contributed by atoms with van der Waals surface area (Å²) < 4.78 is 0. The Hall–Kier alpha value is -2.88. The van der Waals surface area contributed by atoms with E-state index in [4.69, 9.17) is 5.11 Å². The molecule has 0 heterocycles. The van der Waals surface area contributed by atoms with Gasteiger partial charge in [-0.25, -0.2) is 4.79 Å². The molecule has 0 amide bonds. The number of aryl methyl sites for hydroxylation is 1. The number of hydrogen-bond donors (Lipinski definition) is 2. The molecule has 0 saturated carbocycles. The van der Waals surface area contributed by atoms with Crippen LogP contribution in [0.2, 0.25) is 0 Å². The molecule has 0 saturated heterocycles. The highest BCUT2D eigenvalue weighted by molar-refractivity contribution is 6.04. The van der Waals surface area contributed by atoms with Gasteiger partial charge in [0.25, 0.3) is 0 Å². The van der Waals surface area contributed by atoms with Crippen LogP contribution in [-0.4, -0.2) is 16.9 Å². The topological polar surface area (TPSA) is 66.4 Å². The van der Waals surface area contributed by atoms with Gasteiger partial charge in [-0.05, 0) is 30.7 Å². The van der Waals surface area contributed by atoms with Gasteiger partial charge in [0, 0.05) is 23.5 Å². The molecule has 2 rings (SSSR count). The summed E-state index contributed by atoms with van der Waals surface area (Å²) in [6.45, 7) is 1.81. The van der Waals surface area contributed by atoms with E-state index in [0.717, 1.165) is 11.3 Å². The highest BCUT2D eigenvalue weighted by Crippen LogP contribution is 2.16. The highest BCUT2D eigenvalue weighted by atomic mass is 16.4. The molecule has 0 bridgehead atoms. The number of rotatable bonds is 5. The number of anilines is 1. The van der Waals surface area contributed by atoms with Gasteiger partial charge >= 0.3 is 5.97 Å². The van der Waals surface area contributed by atoms with Crippen LogP contribution in [0, 0.1) is 6.92 Å². The fraction of sp³-hybridized carbons (Fsp3) is 0.0588. The van der Waals surface area contributed by atoms with Crippen molar-refractivity contribution in [3.05, 3.63) is 77.5 Å². The molecule has 0 fully saturated rings. The van der Waals surface area contributed by atoms with E-state index in [9.17, 15) is 9.59 Å². The third-order valence-corrected chi connectivity index (χ3v) is 3.01. The molecule has 0 atom stereocenters. The molecule has 0 aliphatic rings. The number of carboxylic acid groups (broad SMARTS) is 1. The number of carboxylic acids is 1. The Morgan fingerprint density at radius 1 is 1.05 bits per heavy atom. The van der Waals surface area contributed by atoms with Gasteiger partial charge in [0.05, 0.1) is 5.56 Å². The van der Waals surface area contributed by atoms with Crippen molar-refractivity contribution in [2.75, 3.05) is 5.32 Å². The lowest BCUT2D eigenvalue weighted by Crippen LogP contribution is -2.00. The molecule has 106 valence electrons. The molecule has 0 aliphatic heterocycles. The number of carbonyl (C=O) groups is 2. The molecular formula is C17H15NO3. The SMILES string of the molecule is Cc1cc(C(=O)O)ccc1N/C=C/C(=O)c1ccccc1. The summed E-state index contributed by atoms with van der Waals surface area (Å²) in [7, 11) is 0. The van der Waals surface area contributed by atoms with Crippen molar-refractivity contribution in [1.29, 1.82) is 0 Å². The zero-order valence-electron chi connectivity index (χ0n) is 11.5. The number of hydrogen-bond acceptors (Lipinski definition) is 3. The second-order valence-corrected chi connectivity index (χ2v) is 4.54. The Morgan fingerprint density at radius 3 is 2.38 bits per heavy atom. The first-order valence-electron chi connectivity index (χ1n) is 6.44. The number of aromatic carboxylic acids is 1. The maximum absolute atomic E-state index is 11.9. The molecule has 4 heteroatoms. The summed E-state index contributed by atoms with van der Waals surface area (Å²) >= 11 is 0. The molecule has 2 aromatic carbocycles. The van der Waals surface area contributed by atoms with E-state index in [1.54, 1.807) is 30.5 Å². The van der Waals surface area contributed by atoms with Crippen molar-refractivity contribution >= 4 is 17.4 Å². The summed E-state index contributed by atoms with van der Waals surface area (Å²) in [5.74, 6) is -1.05. The van der Waals surface area contributed by atoms with Crippen molar-refractivity contribution < 1.29 is 14.7 Å². The molecule has 2 N–H and O–H groups in total. The standard InChI is InChI=1S/C17H15NO3/c1-12-11-14(17(20)21)7-8-15(12)18-10-9-16(19)13-5-3-2-4-6-13/h2-11,18H,1H3,(H,20,21)/b10-9+. The molecule has 0 aliphatic carbocycles. The zero-order valence-corrected chi connectivity index (χ0v) is 11.5. The van der Waals surface area contributed by atoms with Crippen molar-refractivity contribution in [1.82, 2.24) is 0 Å². The zero-order chi connectivity index (χ0) is 15.2. The lowest BCUT2D eigenvalue weighted by atomic mass is 10.1. The second-order valence-electron chi connectivity index (χ2n) is 4.54. The van der Waals surface area contributed by atoms with Crippen molar-refractivity contribution in [2.24, 2.45) is 0 Å². The number of nitrogens with one attached hydrogen (secondary N) is 1. The summed E-state index contributed by atoms with van der Waals surface area (Å²) in [5.41, 5.74) is 2.42. The van der Waals surface area contributed by atoms with Crippen LogP contribution in [0.15, 0.2) is 60.8 Å². The van der Waals surface area contributed by atoms with Gasteiger partial charge < -0.3 is 10.4 Å². The third-order valence-electron chi connectivity index (χ3n) is 3.01.